The number of carboxylic acid groups (broad SMARTS) is 2. The Morgan fingerprint density at radius 2 is 1.00 bits per heavy atom. The lowest BCUT2D eigenvalue weighted by molar-refractivity contribution is -0.148. The van der Waals surface area contributed by atoms with Gasteiger partial charge >= 0.3 is 11.9 Å². The molecule has 0 amide bonds. The Bertz CT molecular complexity index is 224. The van der Waals surface area contributed by atoms with Crippen molar-refractivity contribution in [1.82, 2.24) is 0 Å². The number of rotatable bonds is 6. The van der Waals surface area contributed by atoms with E-state index >= 15 is 0 Å². The summed E-state index contributed by atoms with van der Waals surface area (Å²) >= 11 is 0. The van der Waals surface area contributed by atoms with Crippen LogP contribution in [0.1, 0.15) is 26.7 Å². The lowest BCUT2D eigenvalue weighted by Gasteiger charge is -2.05. The zero-order valence-electron chi connectivity index (χ0n) is 10.2. The molecule has 0 aliphatic heterocycles. The molecule has 8 heteroatoms. The molecule has 18 heavy (non-hydrogen) atoms. The second-order valence-electron chi connectivity index (χ2n) is 3.88. The van der Waals surface area contributed by atoms with Crippen molar-refractivity contribution < 1.29 is 40.2 Å². The maximum atomic E-state index is 9.87. The van der Waals surface area contributed by atoms with Crippen molar-refractivity contribution in [3.05, 3.63) is 0 Å². The zero-order valence-corrected chi connectivity index (χ0v) is 10.2. The predicted molar refractivity (Wildman–Crippen MR) is 59.9 cm³/mol. The topological polar surface area (TPSA) is 156 Å². The molecule has 0 aromatic heterocycles. The van der Waals surface area contributed by atoms with Crippen LogP contribution in [-0.2, 0) is 9.59 Å². The fourth-order valence-electron chi connectivity index (χ4n) is 0.848. The summed E-state index contributed by atoms with van der Waals surface area (Å²) in [4.78, 5) is 19.7. The molecule has 0 spiro atoms. The molecule has 0 aliphatic carbocycles. The summed E-state index contributed by atoms with van der Waals surface area (Å²) in [6.45, 7) is 2.85. The van der Waals surface area contributed by atoms with Gasteiger partial charge < -0.3 is 30.6 Å². The van der Waals surface area contributed by atoms with Crippen molar-refractivity contribution in [3.63, 3.8) is 0 Å². The Morgan fingerprint density at radius 3 is 1.06 bits per heavy atom. The lowest BCUT2D eigenvalue weighted by Crippen LogP contribution is -2.23. The second kappa shape index (κ2) is 9.77. The van der Waals surface area contributed by atoms with E-state index in [1.807, 2.05) is 0 Å². The van der Waals surface area contributed by atoms with Crippen LogP contribution in [0, 0.1) is 0 Å². The van der Waals surface area contributed by atoms with E-state index in [9.17, 15) is 9.59 Å². The van der Waals surface area contributed by atoms with Crippen molar-refractivity contribution in [2.75, 3.05) is 0 Å². The third-order valence-corrected chi connectivity index (χ3v) is 1.70. The number of aliphatic carboxylic acids is 2. The number of carbonyl (C=O) groups is 2. The van der Waals surface area contributed by atoms with Crippen LogP contribution in [0.2, 0.25) is 0 Å². The van der Waals surface area contributed by atoms with Crippen LogP contribution in [-0.4, -0.2) is 67.0 Å². The van der Waals surface area contributed by atoms with Crippen LogP contribution in [0.5, 0.6) is 0 Å². The molecule has 0 aliphatic rings. The van der Waals surface area contributed by atoms with E-state index in [0.29, 0.717) is 0 Å². The van der Waals surface area contributed by atoms with E-state index in [0.717, 1.165) is 0 Å². The summed E-state index contributed by atoms with van der Waals surface area (Å²) in [6.07, 6.45) is -4.65. The van der Waals surface area contributed by atoms with Crippen LogP contribution in [0.3, 0.4) is 0 Å². The van der Waals surface area contributed by atoms with Crippen molar-refractivity contribution >= 4 is 11.9 Å². The van der Waals surface area contributed by atoms with Crippen LogP contribution in [0.25, 0.3) is 0 Å². The highest BCUT2D eigenvalue weighted by molar-refractivity contribution is 5.72. The Labute approximate surface area is 104 Å². The van der Waals surface area contributed by atoms with Gasteiger partial charge in [0, 0.05) is 12.8 Å². The first-order valence-corrected chi connectivity index (χ1v) is 5.25. The fourth-order valence-corrected chi connectivity index (χ4v) is 0.848. The van der Waals surface area contributed by atoms with E-state index in [4.69, 9.17) is 30.6 Å². The number of hydrogen-bond acceptors (Lipinski definition) is 6. The first-order valence-electron chi connectivity index (χ1n) is 5.25. The first kappa shape index (κ1) is 19.1. The van der Waals surface area contributed by atoms with Crippen molar-refractivity contribution in [3.8, 4) is 0 Å². The van der Waals surface area contributed by atoms with Gasteiger partial charge in [0.05, 0.1) is 12.2 Å². The minimum Gasteiger partial charge on any atom is -0.479 e. The van der Waals surface area contributed by atoms with Crippen LogP contribution >= 0.6 is 0 Å². The van der Waals surface area contributed by atoms with Crippen LogP contribution in [0.4, 0.5) is 0 Å². The fraction of sp³-hybridized carbons (Fsp3) is 0.800. The van der Waals surface area contributed by atoms with Crippen LogP contribution in [0.15, 0.2) is 0 Å². The summed E-state index contributed by atoms with van der Waals surface area (Å²) in [5.74, 6) is -2.59. The molecule has 0 rings (SSSR count). The quantitative estimate of drug-likeness (QED) is 0.336. The average Bonchev–Trinajstić information content (AvgIpc) is 2.16. The first-order chi connectivity index (χ1) is 8.07. The average molecular weight is 268 g/mol. The van der Waals surface area contributed by atoms with Gasteiger partial charge in [0.2, 0.25) is 0 Å². The molecule has 0 saturated heterocycles. The van der Waals surface area contributed by atoms with Crippen molar-refractivity contribution in [2.24, 2.45) is 0 Å². The number of carboxylic acids is 2. The van der Waals surface area contributed by atoms with Crippen LogP contribution < -0.4 is 0 Å². The molecule has 0 saturated carbocycles. The van der Waals surface area contributed by atoms with Crippen molar-refractivity contribution in [2.45, 2.75) is 51.1 Å². The Kier molecular flexibility index (Phi) is 10.4. The Hall–Kier alpha value is -1.22. The molecule has 4 unspecified atom stereocenters. The van der Waals surface area contributed by atoms with Gasteiger partial charge in [-0.05, 0) is 13.8 Å². The number of aliphatic hydroxyl groups is 4. The molecular formula is C10H20O8. The molecule has 6 N–H and O–H groups in total. The van der Waals surface area contributed by atoms with Crippen molar-refractivity contribution in [1.29, 1.82) is 0 Å². The minimum atomic E-state index is -1.44. The minimum absolute atomic E-state index is 0.116. The third kappa shape index (κ3) is 12.8. The molecule has 0 bridgehead atoms. The second-order valence-corrected chi connectivity index (χ2v) is 3.88. The van der Waals surface area contributed by atoms with Gasteiger partial charge in [-0.15, -0.1) is 0 Å². The van der Waals surface area contributed by atoms with E-state index in [1.165, 1.54) is 13.8 Å². The summed E-state index contributed by atoms with van der Waals surface area (Å²) in [5, 5.41) is 50.3. The maximum Gasteiger partial charge on any atom is 0.332 e. The SMILES string of the molecule is CC(O)CC(O)C(=O)O.CC(O)CC(O)C(=O)O. The maximum absolute atomic E-state index is 9.87. The smallest absolute Gasteiger partial charge is 0.332 e. The number of aliphatic hydroxyl groups excluding tert-OH is 4. The normalized spacial score (nSPS) is 16.8. The highest BCUT2D eigenvalue weighted by atomic mass is 16.4. The van der Waals surface area contributed by atoms with E-state index in [1.54, 1.807) is 0 Å². The molecule has 8 nitrogen and oxygen atoms in total. The van der Waals surface area contributed by atoms with Gasteiger partial charge in [-0.1, -0.05) is 0 Å². The molecule has 0 aromatic carbocycles. The molecule has 108 valence electrons. The number of hydrogen-bond donors (Lipinski definition) is 6. The van der Waals surface area contributed by atoms with E-state index in [2.05, 4.69) is 0 Å². The summed E-state index contributed by atoms with van der Waals surface area (Å²) in [6, 6.07) is 0. The van der Waals surface area contributed by atoms with Gasteiger partial charge in [0.25, 0.3) is 0 Å². The zero-order chi connectivity index (χ0) is 14.9. The third-order valence-electron chi connectivity index (χ3n) is 1.70. The van der Waals surface area contributed by atoms with E-state index in [-0.39, 0.29) is 12.8 Å². The Balaban J connectivity index is 0. The standard InChI is InChI=1S/2C5H10O4/c2*1-3(6)2-4(7)5(8)9/h2*3-4,6-7H,2H2,1H3,(H,8,9). The van der Waals surface area contributed by atoms with Gasteiger partial charge in [-0.2, -0.15) is 0 Å². The predicted octanol–water partition coefficient (Wildman–Crippen LogP) is -1.59. The summed E-state index contributed by atoms with van der Waals surface area (Å²) < 4.78 is 0. The molecule has 0 fully saturated rings. The van der Waals surface area contributed by atoms with Gasteiger partial charge in [0.1, 0.15) is 0 Å². The monoisotopic (exact) mass is 268 g/mol. The highest BCUT2D eigenvalue weighted by Crippen LogP contribution is 1.96. The van der Waals surface area contributed by atoms with Gasteiger partial charge in [0.15, 0.2) is 12.2 Å². The van der Waals surface area contributed by atoms with Gasteiger partial charge in [-0.25, -0.2) is 9.59 Å². The van der Waals surface area contributed by atoms with E-state index < -0.39 is 36.4 Å². The van der Waals surface area contributed by atoms with Gasteiger partial charge in [-0.3, -0.25) is 0 Å². The summed E-state index contributed by atoms with van der Waals surface area (Å²) in [7, 11) is 0. The molecule has 0 heterocycles. The lowest BCUT2D eigenvalue weighted by atomic mass is 10.2. The molecular weight excluding hydrogens is 248 g/mol. The molecule has 0 aromatic rings. The largest absolute Gasteiger partial charge is 0.479 e. The molecule has 4 atom stereocenters. The summed E-state index contributed by atoms with van der Waals surface area (Å²) in [5.41, 5.74) is 0. The molecule has 0 radical (unpaired) electrons. The Morgan fingerprint density at radius 1 is 0.778 bits per heavy atom. The highest BCUT2D eigenvalue weighted by Gasteiger charge is 2.15.